The summed E-state index contributed by atoms with van der Waals surface area (Å²) >= 11 is 0. The fraction of sp³-hybridized carbons (Fsp3) is 0.455. The Bertz CT molecular complexity index is 356. The van der Waals surface area contributed by atoms with E-state index in [1.54, 1.807) is 0 Å². The Kier molecular flexibility index (Phi) is 1.86. The molecule has 1 unspecified atom stereocenters. The van der Waals surface area contributed by atoms with Gasteiger partial charge in [0.15, 0.2) is 11.6 Å². The zero-order chi connectivity index (χ0) is 9.59. The van der Waals surface area contributed by atoms with Crippen LogP contribution in [-0.4, -0.2) is 0 Å². The average molecular weight is 182 g/mol. The van der Waals surface area contributed by atoms with Gasteiger partial charge in [0.25, 0.3) is 0 Å². The molecule has 1 aliphatic carbocycles. The van der Waals surface area contributed by atoms with Crippen molar-refractivity contribution in [2.75, 3.05) is 0 Å². The predicted molar refractivity (Wildman–Crippen MR) is 47.7 cm³/mol. The molecule has 0 saturated carbocycles. The molecule has 13 heavy (non-hydrogen) atoms. The first kappa shape index (κ1) is 8.67. The number of halogens is 2. The second-order valence-corrected chi connectivity index (χ2v) is 3.96. The maximum atomic E-state index is 13.3. The fourth-order valence-corrected chi connectivity index (χ4v) is 2.12. The van der Waals surface area contributed by atoms with Crippen molar-refractivity contribution < 1.29 is 8.78 Å². The van der Waals surface area contributed by atoms with Gasteiger partial charge in [-0.25, -0.2) is 8.78 Å². The van der Waals surface area contributed by atoms with Crippen molar-refractivity contribution in [3.05, 3.63) is 34.4 Å². The Labute approximate surface area is 76.6 Å². The quantitative estimate of drug-likeness (QED) is 0.578. The van der Waals surface area contributed by atoms with Crippen molar-refractivity contribution in [1.29, 1.82) is 0 Å². The van der Waals surface area contributed by atoms with Gasteiger partial charge in [-0.2, -0.15) is 0 Å². The molecule has 70 valence electrons. The second-order valence-electron chi connectivity index (χ2n) is 3.96. The van der Waals surface area contributed by atoms with Crippen molar-refractivity contribution in [2.45, 2.75) is 26.7 Å². The standard InChI is InChI=1S/C11H12F2/c1-6-3-8-7(2)5-10(12)11(13)9(8)4-6/h5-6H,3-4H2,1-2H3. The highest BCUT2D eigenvalue weighted by atomic mass is 19.2. The van der Waals surface area contributed by atoms with Crippen molar-refractivity contribution in [3.63, 3.8) is 0 Å². The van der Waals surface area contributed by atoms with Gasteiger partial charge in [0, 0.05) is 0 Å². The van der Waals surface area contributed by atoms with Crippen molar-refractivity contribution >= 4 is 0 Å². The summed E-state index contributed by atoms with van der Waals surface area (Å²) in [6.07, 6.45) is 1.57. The summed E-state index contributed by atoms with van der Waals surface area (Å²) in [5.41, 5.74) is 2.51. The van der Waals surface area contributed by atoms with Crippen LogP contribution >= 0.6 is 0 Å². The smallest absolute Gasteiger partial charge is 0.162 e. The van der Waals surface area contributed by atoms with Gasteiger partial charge >= 0.3 is 0 Å². The molecule has 0 amide bonds. The minimum atomic E-state index is -0.703. The first-order valence-corrected chi connectivity index (χ1v) is 4.56. The lowest BCUT2D eigenvalue weighted by Crippen LogP contribution is -1.96. The van der Waals surface area contributed by atoms with Crippen LogP contribution in [0.2, 0.25) is 0 Å². The highest BCUT2D eigenvalue weighted by molar-refractivity contribution is 5.40. The van der Waals surface area contributed by atoms with Gasteiger partial charge in [0.2, 0.25) is 0 Å². The van der Waals surface area contributed by atoms with Crippen LogP contribution in [0.3, 0.4) is 0 Å². The van der Waals surface area contributed by atoms with Crippen LogP contribution in [0.4, 0.5) is 8.78 Å². The van der Waals surface area contributed by atoms with Crippen LogP contribution in [-0.2, 0) is 12.8 Å². The largest absolute Gasteiger partial charge is 0.204 e. The molecule has 0 saturated heterocycles. The molecular weight excluding hydrogens is 170 g/mol. The Morgan fingerprint density at radius 1 is 1.23 bits per heavy atom. The lowest BCUT2D eigenvalue weighted by Gasteiger charge is -2.05. The second kappa shape index (κ2) is 2.79. The molecule has 1 aromatic rings. The van der Waals surface area contributed by atoms with E-state index in [0.29, 0.717) is 17.9 Å². The number of benzene rings is 1. The highest BCUT2D eigenvalue weighted by Gasteiger charge is 2.24. The molecule has 0 N–H and O–H groups in total. The SMILES string of the molecule is Cc1cc(F)c(F)c2c1CC(C)C2. The molecule has 0 radical (unpaired) electrons. The normalized spacial score (nSPS) is 20.5. The van der Waals surface area contributed by atoms with E-state index in [2.05, 4.69) is 6.92 Å². The lowest BCUT2D eigenvalue weighted by molar-refractivity contribution is 0.496. The first-order chi connectivity index (χ1) is 6.09. The molecule has 2 heteroatoms. The minimum Gasteiger partial charge on any atom is -0.204 e. The molecular formula is C11H12F2. The van der Waals surface area contributed by atoms with Crippen LogP contribution in [0, 0.1) is 24.5 Å². The number of fused-ring (bicyclic) bond motifs is 1. The Balaban J connectivity index is 2.62. The molecule has 0 aliphatic heterocycles. The first-order valence-electron chi connectivity index (χ1n) is 4.56. The third-order valence-corrected chi connectivity index (χ3v) is 2.76. The number of hydrogen-bond donors (Lipinski definition) is 0. The van der Waals surface area contributed by atoms with Crippen LogP contribution in [0.15, 0.2) is 6.07 Å². The summed E-state index contributed by atoms with van der Waals surface area (Å²) in [5.74, 6) is -0.889. The molecule has 1 aliphatic rings. The summed E-state index contributed by atoms with van der Waals surface area (Å²) in [5, 5.41) is 0. The topological polar surface area (TPSA) is 0 Å². The Hall–Kier alpha value is -0.920. The molecule has 0 nitrogen and oxygen atoms in total. The zero-order valence-electron chi connectivity index (χ0n) is 7.82. The maximum absolute atomic E-state index is 13.3. The van der Waals surface area contributed by atoms with Crippen LogP contribution in [0.5, 0.6) is 0 Å². The van der Waals surface area contributed by atoms with Gasteiger partial charge in [-0.05, 0) is 48.4 Å². The van der Waals surface area contributed by atoms with Gasteiger partial charge in [-0.15, -0.1) is 0 Å². The molecule has 0 aromatic heterocycles. The van der Waals surface area contributed by atoms with Gasteiger partial charge in [-0.3, -0.25) is 0 Å². The molecule has 0 spiro atoms. The van der Waals surface area contributed by atoms with E-state index in [9.17, 15) is 8.78 Å². The molecule has 2 rings (SSSR count). The Morgan fingerprint density at radius 3 is 2.54 bits per heavy atom. The predicted octanol–water partition coefficient (Wildman–Crippen LogP) is 3.01. The molecule has 0 fully saturated rings. The van der Waals surface area contributed by atoms with Crippen molar-refractivity contribution in [2.24, 2.45) is 5.92 Å². The summed E-state index contributed by atoms with van der Waals surface area (Å²) in [6.45, 7) is 3.91. The Morgan fingerprint density at radius 2 is 1.85 bits per heavy atom. The van der Waals surface area contributed by atoms with Gasteiger partial charge in [-0.1, -0.05) is 6.92 Å². The van der Waals surface area contributed by atoms with E-state index in [-0.39, 0.29) is 0 Å². The molecule has 1 atom stereocenters. The third-order valence-electron chi connectivity index (χ3n) is 2.76. The fourth-order valence-electron chi connectivity index (χ4n) is 2.12. The van der Waals surface area contributed by atoms with E-state index in [1.165, 1.54) is 6.07 Å². The van der Waals surface area contributed by atoms with Gasteiger partial charge < -0.3 is 0 Å². The lowest BCUT2D eigenvalue weighted by atomic mass is 10.0. The summed E-state index contributed by atoms with van der Waals surface area (Å²) < 4.78 is 26.3. The third kappa shape index (κ3) is 1.25. The van der Waals surface area contributed by atoms with Crippen molar-refractivity contribution in [3.8, 4) is 0 Å². The minimum absolute atomic E-state index is 0.449. The molecule has 0 bridgehead atoms. The van der Waals surface area contributed by atoms with Crippen LogP contribution < -0.4 is 0 Å². The number of rotatable bonds is 0. The zero-order valence-corrected chi connectivity index (χ0v) is 7.82. The molecule has 1 aromatic carbocycles. The van der Waals surface area contributed by atoms with Crippen molar-refractivity contribution in [1.82, 2.24) is 0 Å². The summed E-state index contributed by atoms with van der Waals surface area (Å²) in [4.78, 5) is 0. The van der Waals surface area contributed by atoms with E-state index >= 15 is 0 Å². The van der Waals surface area contributed by atoms with E-state index < -0.39 is 11.6 Å². The van der Waals surface area contributed by atoms with E-state index in [4.69, 9.17) is 0 Å². The summed E-state index contributed by atoms with van der Waals surface area (Å²) in [6, 6.07) is 1.30. The average Bonchev–Trinajstić information content (AvgIpc) is 2.44. The van der Waals surface area contributed by atoms with Gasteiger partial charge in [0.1, 0.15) is 0 Å². The van der Waals surface area contributed by atoms with E-state index in [0.717, 1.165) is 17.5 Å². The summed E-state index contributed by atoms with van der Waals surface area (Å²) in [7, 11) is 0. The maximum Gasteiger partial charge on any atom is 0.162 e. The van der Waals surface area contributed by atoms with E-state index in [1.807, 2.05) is 6.92 Å². The molecule has 0 heterocycles. The van der Waals surface area contributed by atoms with Crippen LogP contribution in [0.25, 0.3) is 0 Å². The monoisotopic (exact) mass is 182 g/mol. The number of aryl methyl sites for hydroxylation is 1. The van der Waals surface area contributed by atoms with Crippen LogP contribution in [0.1, 0.15) is 23.6 Å². The van der Waals surface area contributed by atoms with Gasteiger partial charge in [0.05, 0.1) is 0 Å². The number of hydrogen-bond acceptors (Lipinski definition) is 0. The highest BCUT2D eigenvalue weighted by Crippen LogP contribution is 2.32.